The van der Waals surface area contributed by atoms with E-state index in [0.29, 0.717) is 12.3 Å². The highest BCUT2D eigenvalue weighted by molar-refractivity contribution is 5.95. The average Bonchev–Trinajstić information content (AvgIpc) is 2.78. The van der Waals surface area contributed by atoms with Crippen molar-refractivity contribution in [3.05, 3.63) is 36.1 Å². The van der Waals surface area contributed by atoms with E-state index in [-0.39, 0.29) is 18.3 Å². The number of hydrogen-bond acceptors (Lipinski definition) is 3. The number of fused-ring (bicyclic) bond motifs is 1. The van der Waals surface area contributed by atoms with E-state index in [1.54, 1.807) is 18.0 Å². The van der Waals surface area contributed by atoms with E-state index < -0.39 is 0 Å². The summed E-state index contributed by atoms with van der Waals surface area (Å²) >= 11 is 0. The van der Waals surface area contributed by atoms with Gasteiger partial charge in [0.2, 0.25) is 0 Å². The largest absolute Gasteiger partial charge is 0.451 e. The Morgan fingerprint density at radius 3 is 2.78 bits per heavy atom. The molecule has 1 heterocycles. The summed E-state index contributed by atoms with van der Waals surface area (Å²) in [6, 6.07) is 9.40. The number of halogens is 1. The molecule has 1 aromatic carbocycles. The lowest BCUT2D eigenvalue weighted by Gasteiger charge is -2.14. The number of hydrogen-bond donors (Lipinski definition) is 1. The maximum Gasteiger partial charge on any atom is 0.289 e. The Morgan fingerprint density at radius 2 is 2.11 bits per heavy atom. The number of likely N-dealkylation sites (N-methyl/N-ethyl adjacent to an activating group) is 2. The molecule has 1 aromatic heterocycles. The van der Waals surface area contributed by atoms with Crippen LogP contribution in [0.5, 0.6) is 0 Å². The lowest BCUT2D eigenvalue weighted by atomic mass is 10.2. The zero-order valence-corrected chi connectivity index (χ0v) is 11.3. The van der Waals surface area contributed by atoms with Gasteiger partial charge in [0.15, 0.2) is 5.76 Å². The van der Waals surface area contributed by atoms with Gasteiger partial charge >= 0.3 is 0 Å². The van der Waals surface area contributed by atoms with Crippen molar-refractivity contribution in [3.8, 4) is 0 Å². The summed E-state index contributed by atoms with van der Waals surface area (Å²) < 4.78 is 5.52. The minimum absolute atomic E-state index is 0. The fourth-order valence-corrected chi connectivity index (χ4v) is 1.66. The van der Waals surface area contributed by atoms with Gasteiger partial charge in [-0.3, -0.25) is 4.79 Å². The first-order chi connectivity index (χ1) is 8.22. The summed E-state index contributed by atoms with van der Waals surface area (Å²) in [4.78, 5) is 13.7. The van der Waals surface area contributed by atoms with Gasteiger partial charge in [-0.05, 0) is 19.2 Å². The van der Waals surface area contributed by atoms with Gasteiger partial charge in [0, 0.05) is 25.5 Å². The highest BCUT2D eigenvalue weighted by atomic mass is 35.5. The van der Waals surface area contributed by atoms with E-state index in [4.69, 9.17) is 4.42 Å². The molecule has 0 saturated carbocycles. The molecule has 2 aromatic rings. The van der Waals surface area contributed by atoms with Gasteiger partial charge in [-0.1, -0.05) is 18.2 Å². The van der Waals surface area contributed by atoms with E-state index in [0.717, 1.165) is 17.5 Å². The number of nitrogens with zero attached hydrogens (tertiary/aromatic N) is 1. The molecule has 0 aliphatic heterocycles. The standard InChI is InChI=1S/C13H16N2O2.ClH/c1-14-7-8-15(2)13(16)12-9-10-5-3-4-6-11(10)17-12;/h3-6,9,14H,7-8H2,1-2H3;1H. The molecule has 0 aliphatic rings. The van der Waals surface area contributed by atoms with Gasteiger partial charge in [-0.2, -0.15) is 0 Å². The molecule has 4 nitrogen and oxygen atoms in total. The maximum atomic E-state index is 12.0. The molecule has 0 saturated heterocycles. The van der Waals surface area contributed by atoms with Crippen LogP contribution in [0, 0.1) is 0 Å². The summed E-state index contributed by atoms with van der Waals surface area (Å²) in [5.41, 5.74) is 0.748. The normalized spacial score (nSPS) is 10.1. The van der Waals surface area contributed by atoms with Gasteiger partial charge < -0.3 is 14.6 Å². The van der Waals surface area contributed by atoms with Crippen LogP contribution in [0.15, 0.2) is 34.7 Å². The van der Waals surface area contributed by atoms with Crippen molar-refractivity contribution >= 4 is 29.3 Å². The van der Waals surface area contributed by atoms with E-state index in [9.17, 15) is 4.79 Å². The number of rotatable bonds is 4. The molecular formula is C13H17ClN2O2. The Morgan fingerprint density at radius 1 is 1.39 bits per heavy atom. The first kappa shape index (κ1) is 14.5. The third-order valence-corrected chi connectivity index (χ3v) is 2.68. The first-order valence-corrected chi connectivity index (χ1v) is 5.61. The summed E-state index contributed by atoms with van der Waals surface area (Å²) in [6.07, 6.45) is 0. The summed E-state index contributed by atoms with van der Waals surface area (Å²) in [6.45, 7) is 1.43. The molecule has 0 radical (unpaired) electrons. The Kier molecular flexibility index (Phi) is 5.19. The third kappa shape index (κ3) is 3.03. The topological polar surface area (TPSA) is 45.5 Å². The van der Waals surface area contributed by atoms with E-state index in [1.807, 2.05) is 31.3 Å². The minimum atomic E-state index is -0.0866. The van der Waals surface area contributed by atoms with Gasteiger partial charge in [-0.25, -0.2) is 0 Å². The number of nitrogens with one attached hydrogen (secondary N) is 1. The Hall–Kier alpha value is -1.52. The highest BCUT2D eigenvalue weighted by Gasteiger charge is 2.15. The number of carbonyl (C=O) groups excluding carboxylic acids is 1. The van der Waals surface area contributed by atoms with Crippen molar-refractivity contribution in [2.45, 2.75) is 0 Å². The summed E-state index contributed by atoms with van der Waals surface area (Å²) in [7, 11) is 3.63. The van der Waals surface area contributed by atoms with Crippen LogP contribution in [0.2, 0.25) is 0 Å². The number of para-hydroxylation sites is 1. The van der Waals surface area contributed by atoms with Gasteiger partial charge in [0.05, 0.1) is 0 Å². The smallest absolute Gasteiger partial charge is 0.289 e. The SMILES string of the molecule is CNCCN(C)C(=O)c1cc2ccccc2o1.Cl. The predicted octanol–water partition coefficient (Wildman–Crippen LogP) is 2.15. The number of furan rings is 1. The Labute approximate surface area is 112 Å². The Bertz CT molecular complexity index is 491. The molecule has 1 N–H and O–H groups in total. The van der Waals surface area contributed by atoms with Crippen LogP contribution < -0.4 is 5.32 Å². The quantitative estimate of drug-likeness (QED) is 0.924. The predicted molar refractivity (Wildman–Crippen MR) is 74.3 cm³/mol. The number of carbonyl (C=O) groups is 1. The zero-order valence-electron chi connectivity index (χ0n) is 10.5. The minimum Gasteiger partial charge on any atom is -0.451 e. The van der Waals surface area contributed by atoms with Gasteiger partial charge in [-0.15, -0.1) is 12.4 Å². The molecule has 98 valence electrons. The summed E-state index contributed by atoms with van der Waals surface area (Å²) in [5.74, 6) is 0.307. The molecule has 0 bridgehead atoms. The number of benzene rings is 1. The van der Waals surface area contributed by atoms with Crippen LogP contribution in [0.1, 0.15) is 10.6 Å². The van der Waals surface area contributed by atoms with Crippen LogP contribution in [0.3, 0.4) is 0 Å². The molecular weight excluding hydrogens is 252 g/mol. The van der Waals surface area contributed by atoms with Gasteiger partial charge in [0.25, 0.3) is 5.91 Å². The molecule has 0 atom stereocenters. The third-order valence-electron chi connectivity index (χ3n) is 2.68. The fraction of sp³-hybridized carbons (Fsp3) is 0.308. The fourth-order valence-electron chi connectivity index (χ4n) is 1.66. The highest BCUT2D eigenvalue weighted by Crippen LogP contribution is 2.19. The lowest BCUT2D eigenvalue weighted by Crippen LogP contribution is -2.32. The molecule has 0 aliphatic carbocycles. The second kappa shape index (κ2) is 6.42. The average molecular weight is 269 g/mol. The molecule has 18 heavy (non-hydrogen) atoms. The van der Waals surface area contributed by atoms with Crippen LogP contribution in [-0.2, 0) is 0 Å². The van der Waals surface area contributed by atoms with Crippen molar-refractivity contribution in [1.29, 1.82) is 0 Å². The Balaban J connectivity index is 0.00000162. The van der Waals surface area contributed by atoms with Crippen LogP contribution in [0.25, 0.3) is 11.0 Å². The van der Waals surface area contributed by atoms with E-state index in [1.165, 1.54) is 0 Å². The maximum absolute atomic E-state index is 12.0. The van der Waals surface area contributed by atoms with Crippen molar-refractivity contribution in [2.24, 2.45) is 0 Å². The van der Waals surface area contributed by atoms with Crippen LogP contribution in [-0.4, -0.2) is 38.0 Å². The second-order valence-electron chi connectivity index (χ2n) is 3.98. The van der Waals surface area contributed by atoms with Crippen molar-refractivity contribution in [1.82, 2.24) is 10.2 Å². The number of amides is 1. The molecule has 5 heteroatoms. The monoisotopic (exact) mass is 268 g/mol. The van der Waals surface area contributed by atoms with E-state index >= 15 is 0 Å². The van der Waals surface area contributed by atoms with Crippen molar-refractivity contribution in [2.75, 3.05) is 27.2 Å². The molecule has 0 unspecified atom stereocenters. The zero-order chi connectivity index (χ0) is 12.3. The lowest BCUT2D eigenvalue weighted by molar-refractivity contribution is 0.0768. The first-order valence-electron chi connectivity index (χ1n) is 5.61. The molecule has 1 amide bonds. The second-order valence-corrected chi connectivity index (χ2v) is 3.98. The molecule has 0 spiro atoms. The van der Waals surface area contributed by atoms with Crippen molar-refractivity contribution < 1.29 is 9.21 Å². The van der Waals surface area contributed by atoms with Gasteiger partial charge in [0.1, 0.15) is 5.58 Å². The summed E-state index contributed by atoms with van der Waals surface area (Å²) in [5, 5.41) is 3.96. The van der Waals surface area contributed by atoms with Crippen LogP contribution >= 0.6 is 12.4 Å². The van der Waals surface area contributed by atoms with Crippen LogP contribution in [0.4, 0.5) is 0 Å². The van der Waals surface area contributed by atoms with Crippen molar-refractivity contribution in [3.63, 3.8) is 0 Å². The molecule has 0 fully saturated rings. The molecule has 2 rings (SSSR count). The van der Waals surface area contributed by atoms with E-state index in [2.05, 4.69) is 5.32 Å².